The highest BCUT2D eigenvalue weighted by Gasteiger charge is 2.22. The van der Waals surface area contributed by atoms with Gasteiger partial charge in [0.05, 0.1) is 12.2 Å². The Morgan fingerprint density at radius 2 is 2.12 bits per heavy atom. The maximum Gasteiger partial charge on any atom is 0.122 e. The maximum atomic E-state index is 5.82. The summed E-state index contributed by atoms with van der Waals surface area (Å²) in [6.07, 6.45) is 2.94. The number of benzene rings is 1. The zero-order chi connectivity index (χ0) is 11.5. The molecule has 1 fully saturated rings. The molecule has 0 amide bonds. The molecular weight excluding hydrogens is 200 g/mol. The molecule has 2 rings (SSSR count). The first-order valence-corrected chi connectivity index (χ1v) is 6.00. The number of hydrogen-bond donors (Lipinski definition) is 0. The highest BCUT2D eigenvalue weighted by Crippen LogP contribution is 2.23. The molecule has 1 aromatic rings. The van der Waals surface area contributed by atoms with Gasteiger partial charge in [0.25, 0.3) is 0 Å². The van der Waals surface area contributed by atoms with Crippen molar-refractivity contribution in [1.82, 2.24) is 0 Å². The van der Waals surface area contributed by atoms with E-state index in [1.165, 1.54) is 11.1 Å². The van der Waals surface area contributed by atoms with Crippen LogP contribution >= 0.6 is 0 Å². The lowest BCUT2D eigenvalue weighted by Gasteiger charge is -2.14. The average Bonchev–Trinajstić information content (AvgIpc) is 2.66. The molecule has 1 heterocycles. The maximum absolute atomic E-state index is 5.82. The lowest BCUT2D eigenvalue weighted by molar-refractivity contribution is 0.0263. The van der Waals surface area contributed by atoms with Crippen LogP contribution in [0.3, 0.4) is 0 Å². The van der Waals surface area contributed by atoms with Gasteiger partial charge in [-0.05, 0) is 50.8 Å². The van der Waals surface area contributed by atoms with Crippen LogP contribution in [0.5, 0.6) is 5.75 Å². The van der Waals surface area contributed by atoms with Crippen LogP contribution in [-0.4, -0.2) is 18.8 Å². The van der Waals surface area contributed by atoms with E-state index >= 15 is 0 Å². The molecule has 0 bridgehead atoms. The molecule has 2 nitrogen and oxygen atoms in total. The van der Waals surface area contributed by atoms with Gasteiger partial charge < -0.3 is 9.47 Å². The Hall–Kier alpha value is -1.02. The zero-order valence-corrected chi connectivity index (χ0v) is 10.3. The van der Waals surface area contributed by atoms with E-state index in [1.54, 1.807) is 0 Å². The monoisotopic (exact) mass is 220 g/mol. The van der Waals surface area contributed by atoms with E-state index in [4.69, 9.17) is 9.47 Å². The topological polar surface area (TPSA) is 18.5 Å². The summed E-state index contributed by atoms with van der Waals surface area (Å²) in [5.41, 5.74) is 2.43. The van der Waals surface area contributed by atoms with E-state index in [0.717, 1.165) is 18.6 Å². The van der Waals surface area contributed by atoms with Gasteiger partial charge in [-0.15, -0.1) is 0 Å². The Morgan fingerprint density at radius 3 is 2.81 bits per heavy atom. The van der Waals surface area contributed by atoms with Crippen LogP contribution in [0, 0.1) is 13.8 Å². The Labute approximate surface area is 97.6 Å². The molecule has 1 aliphatic rings. The van der Waals surface area contributed by atoms with Crippen LogP contribution < -0.4 is 4.74 Å². The number of hydrogen-bond acceptors (Lipinski definition) is 2. The van der Waals surface area contributed by atoms with Crippen molar-refractivity contribution in [2.24, 2.45) is 0 Å². The smallest absolute Gasteiger partial charge is 0.122 e. The average molecular weight is 220 g/mol. The van der Waals surface area contributed by atoms with Gasteiger partial charge in [-0.2, -0.15) is 0 Å². The molecule has 88 valence electrons. The second-order valence-electron chi connectivity index (χ2n) is 4.73. The molecule has 0 aromatic heterocycles. The van der Waals surface area contributed by atoms with Crippen molar-refractivity contribution in [2.75, 3.05) is 6.61 Å². The Balaban J connectivity index is 1.91. The standard InChI is InChI=1S/C14H20O2/c1-10-4-5-11(2)14(8-10)15-9-13-7-6-12(3)16-13/h4-5,8,12-13H,6-7,9H2,1-3H3. The van der Waals surface area contributed by atoms with Crippen molar-refractivity contribution < 1.29 is 9.47 Å². The van der Waals surface area contributed by atoms with Gasteiger partial charge in [0, 0.05) is 0 Å². The van der Waals surface area contributed by atoms with E-state index in [9.17, 15) is 0 Å². The summed E-state index contributed by atoms with van der Waals surface area (Å²) < 4.78 is 11.6. The van der Waals surface area contributed by atoms with Crippen molar-refractivity contribution >= 4 is 0 Å². The van der Waals surface area contributed by atoms with Gasteiger partial charge >= 0.3 is 0 Å². The van der Waals surface area contributed by atoms with E-state index in [-0.39, 0.29) is 6.10 Å². The van der Waals surface area contributed by atoms with E-state index < -0.39 is 0 Å². The molecule has 0 N–H and O–H groups in total. The third-order valence-corrected chi connectivity index (χ3v) is 3.09. The van der Waals surface area contributed by atoms with Crippen LogP contribution in [0.1, 0.15) is 30.9 Å². The molecule has 0 aliphatic carbocycles. The lowest BCUT2D eigenvalue weighted by Crippen LogP contribution is -2.18. The van der Waals surface area contributed by atoms with Gasteiger partial charge in [-0.3, -0.25) is 0 Å². The summed E-state index contributed by atoms with van der Waals surface area (Å²) in [5.74, 6) is 0.989. The number of rotatable bonds is 3. The molecule has 0 radical (unpaired) electrons. The zero-order valence-electron chi connectivity index (χ0n) is 10.3. The fourth-order valence-electron chi connectivity index (χ4n) is 2.05. The second-order valence-corrected chi connectivity index (χ2v) is 4.73. The van der Waals surface area contributed by atoms with E-state index in [2.05, 4.69) is 39.0 Å². The van der Waals surface area contributed by atoms with Gasteiger partial charge in [-0.25, -0.2) is 0 Å². The van der Waals surface area contributed by atoms with Crippen molar-refractivity contribution in [2.45, 2.75) is 45.8 Å². The van der Waals surface area contributed by atoms with Crippen molar-refractivity contribution in [3.63, 3.8) is 0 Å². The first-order chi connectivity index (χ1) is 7.65. The summed E-state index contributed by atoms with van der Waals surface area (Å²) in [6, 6.07) is 6.30. The van der Waals surface area contributed by atoms with Crippen molar-refractivity contribution in [1.29, 1.82) is 0 Å². The highest BCUT2D eigenvalue weighted by molar-refractivity contribution is 5.35. The third-order valence-electron chi connectivity index (χ3n) is 3.09. The van der Waals surface area contributed by atoms with Crippen LogP contribution in [0.25, 0.3) is 0 Å². The molecule has 1 aromatic carbocycles. The first kappa shape index (κ1) is 11.5. The van der Waals surface area contributed by atoms with Gasteiger partial charge in [0.1, 0.15) is 12.4 Å². The van der Waals surface area contributed by atoms with Crippen LogP contribution in [0.2, 0.25) is 0 Å². The molecule has 1 saturated heterocycles. The predicted molar refractivity (Wildman–Crippen MR) is 65.0 cm³/mol. The van der Waals surface area contributed by atoms with Crippen molar-refractivity contribution in [3.05, 3.63) is 29.3 Å². The fourth-order valence-corrected chi connectivity index (χ4v) is 2.05. The van der Waals surface area contributed by atoms with Gasteiger partial charge in [0.15, 0.2) is 0 Å². The minimum Gasteiger partial charge on any atom is -0.491 e. The molecular formula is C14H20O2. The highest BCUT2D eigenvalue weighted by atomic mass is 16.5. The molecule has 2 heteroatoms. The summed E-state index contributed by atoms with van der Waals surface area (Å²) in [7, 11) is 0. The quantitative estimate of drug-likeness (QED) is 0.778. The fraction of sp³-hybridized carbons (Fsp3) is 0.571. The molecule has 16 heavy (non-hydrogen) atoms. The predicted octanol–water partition coefficient (Wildman–Crippen LogP) is 3.25. The van der Waals surface area contributed by atoms with Crippen LogP contribution in [-0.2, 0) is 4.74 Å². The van der Waals surface area contributed by atoms with Gasteiger partial charge in [-0.1, -0.05) is 12.1 Å². The normalized spacial score (nSPS) is 24.7. The van der Waals surface area contributed by atoms with Crippen molar-refractivity contribution in [3.8, 4) is 5.75 Å². The minimum absolute atomic E-state index is 0.273. The van der Waals surface area contributed by atoms with E-state index in [1.807, 2.05) is 0 Å². The van der Waals surface area contributed by atoms with Crippen LogP contribution in [0.15, 0.2) is 18.2 Å². The Kier molecular flexibility index (Phi) is 3.49. The molecule has 0 spiro atoms. The summed E-state index contributed by atoms with van der Waals surface area (Å²) in [6.45, 7) is 6.96. The minimum atomic E-state index is 0.273. The molecule has 2 unspecified atom stereocenters. The number of aryl methyl sites for hydroxylation is 2. The van der Waals surface area contributed by atoms with E-state index in [0.29, 0.717) is 12.7 Å². The summed E-state index contributed by atoms with van der Waals surface area (Å²) >= 11 is 0. The Morgan fingerprint density at radius 1 is 1.31 bits per heavy atom. The Bertz CT molecular complexity index is 360. The SMILES string of the molecule is Cc1ccc(C)c(OCC2CCC(C)O2)c1. The molecule has 2 atom stereocenters. The second kappa shape index (κ2) is 4.88. The summed E-state index contributed by atoms with van der Waals surface area (Å²) in [5, 5.41) is 0. The van der Waals surface area contributed by atoms with Gasteiger partial charge in [0.2, 0.25) is 0 Å². The first-order valence-electron chi connectivity index (χ1n) is 6.00. The third kappa shape index (κ3) is 2.76. The summed E-state index contributed by atoms with van der Waals surface area (Å²) in [4.78, 5) is 0. The largest absolute Gasteiger partial charge is 0.491 e. The van der Waals surface area contributed by atoms with Crippen LogP contribution in [0.4, 0.5) is 0 Å². The molecule has 0 saturated carbocycles. The lowest BCUT2D eigenvalue weighted by atomic mass is 10.1. The number of ether oxygens (including phenoxy) is 2. The molecule has 1 aliphatic heterocycles.